The van der Waals surface area contributed by atoms with E-state index in [1.165, 1.54) is 0 Å². The summed E-state index contributed by atoms with van der Waals surface area (Å²) in [5, 5.41) is 19.0. The molecule has 0 saturated carbocycles. The van der Waals surface area contributed by atoms with E-state index in [2.05, 4.69) is 12.1 Å². The Morgan fingerprint density at radius 2 is 1.15 bits per heavy atom. The molecule has 0 spiro atoms. The maximum atomic E-state index is 9.52. The SMILES string of the molecule is Cc1cc(C(C#N)=C(C#N)c2cc(C)sc2C)c(C)s1. The van der Waals surface area contributed by atoms with Gasteiger partial charge in [0.2, 0.25) is 0 Å². The Bertz CT molecular complexity index is 710. The lowest BCUT2D eigenvalue weighted by molar-refractivity contribution is 1.47. The van der Waals surface area contributed by atoms with Crippen molar-refractivity contribution >= 4 is 33.8 Å². The molecule has 2 nitrogen and oxygen atoms in total. The molecular formula is C16H14N2S2. The fraction of sp³-hybridized carbons (Fsp3) is 0.250. The van der Waals surface area contributed by atoms with Gasteiger partial charge in [-0.15, -0.1) is 22.7 Å². The molecule has 4 heteroatoms. The summed E-state index contributed by atoms with van der Waals surface area (Å²) in [4.78, 5) is 4.47. The minimum Gasteiger partial charge on any atom is -0.192 e. The summed E-state index contributed by atoms with van der Waals surface area (Å²) in [6.45, 7) is 8.01. The van der Waals surface area contributed by atoms with E-state index in [4.69, 9.17) is 0 Å². The highest BCUT2D eigenvalue weighted by atomic mass is 32.1. The molecule has 0 radical (unpaired) electrons. The highest BCUT2D eigenvalue weighted by molar-refractivity contribution is 7.12. The summed E-state index contributed by atoms with van der Waals surface area (Å²) in [6.07, 6.45) is 0. The number of hydrogen-bond donors (Lipinski definition) is 0. The molecular weight excluding hydrogens is 284 g/mol. The predicted octanol–water partition coefficient (Wildman–Crippen LogP) is 5.00. The third kappa shape index (κ3) is 2.54. The molecule has 0 unspecified atom stereocenters. The summed E-state index contributed by atoms with van der Waals surface area (Å²) < 4.78 is 0. The molecule has 0 aliphatic heterocycles. The van der Waals surface area contributed by atoms with E-state index in [0.717, 1.165) is 30.6 Å². The van der Waals surface area contributed by atoms with Gasteiger partial charge in [-0.3, -0.25) is 0 Å². The number of nitriles is 2. The molecule has 0 aliphatic carbocycles. The monoisotopic (exact) mass is 298 g/mol. The fourth-order valence-corrected chi connectivity index (χ4v) is 4.12. The smallest absolute Gasteiger partial charge is 0.101 e. The van der Waals surface area contributed by atoms with Gasteiger partial charge in [0.1, 0.15) is 12.1 Å². The van der Waals surface area contributed by atoms with Crippen LogP contribution in [0.4, 0.5) is 0 Å². The summed E-state index contributed by atoms with van der Waals surface area (Å²) in [5.41, 5.74) is 2.73. The number of hydrogen-bond acceptors (Lipinski definition) is 4. The summed E-state index contributed by atoms with van der Waals surface area (Å²) in [7, 11) is 0. The van der Waals surface area contributed by atoms with Gasteiger partial charge in [-0.05, 0) is 39.8 Å². The van der Waals surface area contributed by atoms with Gasteiger partial charge in [0.15, 0.2) is 0 Å². The van der Waals surface area contributed by atoms with Crippen LogP contribution >= 0.6 is 22.7 Å². The van der Waals surface area contributed by atoms with Crippen molar-refractivity contribution in [2.75, 3.05) is 0 Å². The van der Waals surface area contributed by atoms with Crippen LogP contribution in [0.25, 0.3) is 11.1 Å². The second-order valence-corrected chi connectivity index (χ2v) is 7.55. The Balaban J connectivity index is 2.74. The number of rotatable bonds is 2. The number of aryl methyl sites for hydroxylation is 4. The van der Waals surface area contributed by atoms with Crippen molar-refractivity contribution in [3.05, 3.63) is 42.8 Å². The first-order valence-corrected chi connectivity index (χ1v) is 7.80. The Kier molecular flexibility index (Phi) is 4.09. The molecule has 0 aromatic carbocycles. The minimum absolute atomic E-state index is 0.482. The van der Waals surface area contributed by atoms with Gasteiger partial charge in [-0.25, -0.2) is 0 Å². The van der Waals surface area contributed by atoms with Gasteiger partial charge in [0.25, 0.3) is 0 Å². The lowest BCUT2D eigenvalue weighted by atomic mass is 9.97. The van der Waals surface area contributed by atoms with Crippen LogP contribution in [0.1, 0.15) is 30.6 Å². The van der Waals surface area contributed by atoms with E-state index in [1.54, 1.807) is 22.7 Å². The van der Waals surface area contributed by atoms with Gasteiger partial charge in [-0.1, -0.05) is 0 Å². The second-order valence-electron chi connectivity index (χ2n) is 4.63. The average Bonchev–Trinajstić information content (AvgIpc) is 2.88. The van der Waals surface area contributed by atoms with Crippen LogP contribution in [0.5, 0.6) is 0 Å². The van der Waals surface area contributed by atoms with Gasteiger partial charge in [0, 0.05) is 30.6 Å². The lowest BCUT2D eigenvalue weighted by Gasteiger charge is -2.03. The lowest BCUT2D eigenvalue weighted by Crippen LogP contribution is -1.89. The Morgan fingerprint density at radius 1 is 0.800 bits per heavy atom. The zero-order chi connectivity index (χ0) is 14.9. The maximum absolute atomic E-state index is 9.52. The van der Waals surface area contributed by atoms with Crippen LogP contribution in [0.2, 0.25) is 0 Å². The molecule has 0 aliphatic rings. The van der Waals surface area contributed by atoms with Crippen LogP contribution in [-0.4, -0.2) is 0 Å². The zero-order valence-corrected chi connectivity index (χ0v) is 13.5. The molecule has 20 heavy (non-hydrogen) atoms. The first kappa shape index (κ1) is 14.5. The van der Waals surface area contributed by atoms with Crippen molar-refractivity contribution in [1.29, 1.82) is 10.5 Å². The van der Waals surface area contributed by atoms with Gasteiger partial charge < -0.3 is 0 Å². The molecule has 0 N–H and O–H groups in total. The van der Waals surface area contributed by atoms with E-state index in [-0.39, 0.29) is 0 Å². The molecule has 0 atom stereocenters. The molecule has 0 saturated heterocycles. The first-order chi connectivity index (χ1) is 9.47. The standard InChI is InChI=1S/C16H14N2S2/c1-9-5-13(11(3)19-9)15(7-17)16(8-18)14-6-10(2)20-12(14)4/h5-6H,1-4H3. The number of nitrogens with zero attached hydrogens (tertiary/aromatic N) is 2. The summed E-state index contributed by atoms with van der Waals surface area (Å²) in [5.74, 6) is 0. The van der Waals surface area contributed by atoms with Crippen molar-refractivity contribution in [2.45, 2.75) is 27.7 Å². The van der Waals surface area contributed by atoms with Crippen LogP contribution < -0.4 is 0 Å². The molecule has 2 aromatic rings. The summed E-state index contributed by atoms with van der Waals surface area (Å²) in [6, 6.07) is 8.43. The Morgan fingerprint density at radius 3 is 1.35 bits per heavy atom. The van der Waals surface area contributed by atoms with E-state index >= 15 is 0 Å². The van der Waals surface area contributed by atoms with Crippen molar-refractivity contribution in [3.8, 4) is 12.1 Å². The molecule has 2 aromatic heterocycles. The number of thiophene rings is 2. The van der Waals surface area contributed by atoms with Crippen molar-refractivity contribution in [3.63, 3.8) is 0 Å². The Hall–Kier alpha value is -1.88. The van der Waals surface area contributed by atoms with Crippen LogP contribution in [0.3, 0.4) is 0 Å². The van der Waals surface area contributed by atoms with Crippen molar-refractivity contribution < 1.29 is 0 Å². The van der Waals surface area contributed by atoms with Crippen LogP contribution in [0, 0.1) is 50.4 Å². The third-order valence-corrected chi connectivity index (χ3v) is 5.03. The number of allylic oxidation sites excluding steroid dienone is 2. The molecule has 2 heterocycles. The van der Waals surface area contributed by atoms with Crippen molar-refractivity contribution in [1.82, 2.24) is 0 Å². The van der Waals surface area contributed by atoms with Crippen LogP contribution in [0.15, 0.2) is 12.1 Å². The molecule has 0 fully saturated rings. The zero-order valence-electron chi connectivity index (χ0n) is 11.9. The van der Waals surface area contributed by atoms with Gasteiger partial charge in [-0.2, -0.15) is 10.5 Å². The van der Waals surface area contributed by atoms with Gasteiger partial charge in [0.05, 0.1) is 11.1 Å². The van der Waals surface area contributed by atoms with Crippen LogP contribution in [-0.2, 0) is 0 Å². The molecule has 100 valence electrons. The van der Waals surface area contributed by atoms with E-state index in [0.29, 0.717) is 11.1 Å². The average molecular weight is 298 g/mol. The maximum Gasteiger partial charge on any atom is 0.101 e. The molecule has 2 rings (SSSR count). The summed E-state index contributed by atoms with van der Waals surface area (Å²) >= 11 is 3.31. The van der Waals surface area contributed by atoms with E-state index in [9.17, 15) is 10.5 Å². The fourth-order valence-electron chi connectivity index (χ4n) is 2.26. The van der Waals surface area contributed by atoms with E-state index < -0.39 is 0 Å². The topological polar surface area (TPSA) is 47.6 Å². The molecule has 0 bridgehead atoms. The Labute approximate surface area is 127 Å². The second kappa shape index (κ2) is 5.63. The largest absolute Gasteiger partial charge is 0.192 e. The quantitative estimate of drug-likeness (QED) is 0.732. The highest BCUT2D eigenvalue weighted by Gasteiger charge is 2.17. The highest BCUT2D eigenvalue weighted by Crippen LogP contribution is 2.35. The third-order valence-electron chi connectivity index (χ3n) is 3.09. The minimum atomic E-state index is 0.482. The molecule has 0 amide bonds. The van der Waals surface area contributed by atoms with Gasteiger partial charge >= 0.3 is 0 Å². The first-order valence-electron chi connectivity index (χ1n) is 6.17. The van der Waals surface area contributed by atoms with E-state index in [1.807, 2.05) is 39.8 Å². The predicted molar refractivity (Wildman–Crippen MR) is 85.6 cm³/mol. The normalized spacial score (nSPS) is 11.7. The van der Waals surface area contributed by atoms with Crippen molar-refractivity contribution in [2.24, 2.45) is 0 Å².